The maximum Gasteiger partial charge on any atom is 0.318 e. The molecule has 0 N–H and O–H groups in total. The molecule has 1 aliphatic heterocycles. The van der Waals surface area contributed by atoms with Crippen LogP contribution >= 0.6 is 0 Å². The zero-order valence-corrected chi connectivity index (χ0v) is 6.82. The third-order valence-electron chi connectivity index (χ3n) is 2.61. The van der Waals surface area contributed by atoms with E-state index in [4.69, 9.17) is 0 Å². The van der Waals surface area contributed by atoms with Crippen LogP contribution in [-0.4, -0.2) is 11.9 Å². The van der Waals surface area contributed by atoms with Crippen molar-refractivity contribution in [1.82, 2.24) is 0 Å². The maximum absolute atomic E-state index is 11.2. The molecule has 3 atom stereocenters. The van der Waals surface area contributed by atoms with Crippen LogP contribution in [0.3, 0.4) is 0 Å². The Morgan fingerprint density at radius 3 is 2.83 bits per heavy atom. The van der Waals surface area contributed by atoms with E-state index in [1.165, 1.54) is 0 Å². The molecule has 12 heavy (non-hydrogen) atoms. The quantitative estimate of drug-likeness (QED) is 0.305. The maximum atomic E-state index is 11.2. The van der Waals surface area contributed by atoms with Gasteiger partial charge in [0.2, 0.25) is 0 Å². The lowest BCUT2D eigenvalue weighted by molar-refractivity contribution is -0.153. The minimum absolute atomic E-state index is 0.141. The molecule has 0 aromatic carbocycles. The van der Waals surface area contributed by atoms with Crippen LogP contribution in [0.4, 0.5) is 0 Å². The van der Waals surface area contributed by atoms with Gasteiger partial charge >= 0.3 is 11.9 Å². The zero-order valence-electron chi connectivity index (χ0n) is 6.82. The van der Waals surface area contributed by atoms with Gasteiger partial charge in [0, 0.05) is 0 Å². The molecule has 0 spiro atoms. The number of hydrogen-bond acceptors (Lipinski definition) is 3. The van der Waals surface area contributed by atoms with Crippen molar-refractivity contribution in [1.29, 1.82) is 0 Å². The summed E-state index contributed by atoms with van der Waals surface area (Å²) in [6, 6.07) is 0. The van der Waals surface area contributed by atoms with Crippen LogP contribution in [0.2, 0.25) is 0 Å². The lowest BCUT2D eigenvalue weighted by Crippen LogP contribution is -2.25. The zero-order chi connectivity index (χ0) is 8.72. The Kier molecular flexibility index (Phi) is 1.53. The number of allylic oxidation sites excluding steroid dienone is 2. The van der Waals surface area contributed by atoms with Crippen LogP contribution in [0.15, 0.2) is 12.2 Å². The Morgan fingerprint density at radius 1 is 1.42 bits per heavy atom. The molecular formula is C9H10O3. The van der Waals surface area contributed by atoms with Gasteiger partial charge in [0.05, 0.1) is 11.8 Å². The second-order valence-corrected chi connectivity index (χ2v) is 3.40. The molecule has 0 aromatic rings. The molecule has 1 heterocycles. The highest BCUT2D eigenvalue weighted by Crippen LogP contribution is 2.36. The van der Waals surface area contributed by atoms with E-state index in [9.17, 15) is 9.59 Å². The average Bonchev–Trinajstić information content (AvgIpc) is 2.29. The first kappa shape index (κ1) is 7.53. The van der Waals surface area contributed by atoms with Gasteiger partial charge in [0.25, 0.3) is 0 Å². The van der Waals surface area contributed by atoms with Crippen molar-refractivity contribution >= 4 is 11.9 Å². The lowest BCUT2D eigenvalue weighted by Gasteiger charge is -2.20. The second kappa shape index (κ2) is 2.44. The van der Waals surface area contributed by atoms with Crippen molar-refractivity contribution in [3.8, 4) is 0 Å². The van der Waals surface area contributed by atoms with Gasteiger partial charge in [0.15, 0.2) is 0 Å². The van der Waals surface area contributed by atoms with Crippen LogP contribution in [0.1, 0.15) is 13.3 Å². The topological polar surface area (TPSA) is 43.4 Å². The number of cyclic esters (lactones) is 2. The number of carbonyl (C=O) groups is 2. The lowest BCUT2D eigenvalue weighted by atomic mass is 9.78. The summed E-state index contributed by atoms with van der Waals surface area (Å²) in [5, 5.41) is 0. The molecule has 0 aromatic heterocycles. The van der Waals surface area contributed by atoms with E-state index in [2.05, 4.69) is 4.74 Å². The third-order valence-corrected chi connectivity index (χ3v) is 2.61. The first-order chi connectivity index (χ1) is 5.70. The van der Waals surface area contributed by atoms with E-state index in [0.717, 1.165) is 0 Å². The molecule has 1 aliphatic carbocycles. The normalized spacial score (nSPS) is 39.6. The highest BCUT2D eigenvalue weighted by atomic mass is 16.6. The highest BCUT2D eigenvalue weighted by Gasteiger charge is 2.46. The van der Waals surface area contributed by atoms with Gasteiger partial charge in [-0.05, 0) is 12.3 Å². The highest BCUT2D eigenvalue weighted by molar-refractivity contribution is 5.97. The SMILES string of the molecule is C[C@@H]1C=CC[C@H]2C(=O)OC(=O)[C@H]12. The van der Waals surface area contributed by atoms with Gasteiger partial charge in [-0.15, -0.1) is 0 Å². The number of ether oxygens (including phenoxy) is 1. The smallest absolute Gasteiger partial charge is 0.318 e. The van der Waals surface area contributed by atoms with Crippen LogP contribution in [0.5, 0.6) is 0 Å². The molecule has 2 aliphatic rings. The Labute approximate surface area is 70.4 Å². The van der Waals surface area contributed by atoms with E-state index >= 15 is 0 Å². The molecule has 1 fully saturated rings. The van der Waals surface area contributed by atoms with Crippen LogP contribution in [0.25, 0.3) is 0 Å². The number of carbonyl (C=O) groups excluding carboxylic acids is 2. The second-order valence-electron chi connectivity index (χ2n) is 3.40. The summed E-state index contributed by atoms with van der Waals surface area (Å²) in [5.41, 5.74) is 0. The minimum Gasteiger partial charge on any atom is -0.393 e. The fourth-order valence-electron chi connectivity index (χ4n) is 1.94. The predicted molar refractivity (Wildman–Crippen MR) is 41.0 cm³/mol. The molecule has 0 radical (unpaired) electrons. The summed E-state index contributed by atoms with van der Waals surface area (Å²) in [7, 11) is 0. The summed E-state index contributed by atoms with van der Waals surface area (Å²) in [6.07, 6.45) is 4.58. The molecule has 0 saturated carbocycles. The van der Waals surface area contributed by atoms with E-state index in [-0.39, 0.29) is 29.7 Å². The van der Waals surface area contributed by atoms with E-state index in [1.54, 1.807) is 0 Å². The van der Waals surface area contributed by atoms with Crippen LogP contribution in [0, 0.1) is 17.8 Å². The van der Waals surface area contributed by atoms with Crippen molar-refractivity contribution in [2.45, 2.75) is 13.3 Å². The van der Waals surface area contributed by atoms with Gasteiger partial charge in [-0.1, -0.05) is 19.1 Å². The van der Waals surface area contributed by atoms with Gasteiger partial charge < -0.3 is 4.74 Å². The van der Waals surface area contributed by atoms with Crippen molar-refractivity contribution in [2.75, 3.05) is 0 Å². The number of esters is 2. The van der Waals surface area contributed by atoms with Gasteiger partial charge in [0.1, 0.15) is 0 Å². The summed E-state index contributed by atoms with van der Waals surface area (Å²) in [4.78, 5) is 22.2. The van der Waals surface area contributed by atoms with E-state index in [0.29, 0.717) is 6.42 Å². The summed E-state index contributed by atoms with van der Waals surface area (Å²) < 4.78 is 4.56. The van der Waals surface area contributed by atoms with E-state index in [1.807, 2.05) is 19.1 Å². The summed E-state index contributed by atoms with van der Waals surface area (Å²) in [5.74, 6) is -0.981. The molecule has 2 rings (SSSR count). The fourth-order valence-corrected chi connectivity index (χ4v) is 1.94. The standard InChI is InChI=1S/C9H10O3/c1-5-3-2-4-6-7(5)9(11)12-8(6)10/h2-3,5-7H,4H2,1H3/t5-,6-,7-/m1/s1. The molecule has 3 heteroatoms. The molecule has 0 amide bonds. The first-order valence-electron chi connectivity index (χ1n) is 4.12. The van der Waals surface area contributed by atoms with Crippen LogP contribution in [-0.2, 0) is 14.3 Å². The summed E-state index contributed by atoms with van der Waals surface area (Å²) >= 11 is 0. The monoisotopic (exact) mass is 166 g/mol. The Balaban J connectivity index is 2.32. The Hall–Kier alpha value is -1.12. The Morgan fingerprint density at radius 2 is 2.17 bits per heavy atom. The van der Waals surface area contributed by atoms with Crippen molar-refractivity contribution in [3.63, 3.8) is 0 Å². The molecule has 64 valence electrons. The van der Waals surface area contributed by atoms with Crippen molar-refractivity contribution < 1.29 is 14.3 Å². The Bertz CT molecular complexity index is 267. The van der Waals surface area contributed by atoms with Gasteiger partial charge in [-0.3, -0.25) is 9.59 Å². The first-order valence-corrected chi connectivity index (χ1v) is 4.12. The fraction of sp³-hybridized carbons (Fsp3) is 0.556. The van der Waals surface area contributed by atoms with Gasteiger partial charge in [-0.2, -0.15) is 0 Å². The van der Waals surface area contributed by atoms with Crippen molar-refractivity contribution in [2.24, 2.45) is 17.8 Å². The minimum atomic E-state index is -0.346. The average molecular weight is 166 g/mol. The predicted octanol–water partition coefficient (Wildman–Crippen LogP) is 0.898. The number of rotatable bonds is 0. The van der Waals surface area contributed by atoms with Crippen LogP contribution < -0.4 is 0 Å². The molecular weight excluding hydrogens is 156 g/mol. The van der Waals surface area contributed by atoms with Gasteiger partial charge in [-0.25, -0.2) is 0 Å². The third kappa shape index (κ3) is 0.891. The molecule has 0 unspecified atom stereocenters. The van der Waals surface area contributed by atoms with E-state index < -0.39 is 0 Å². The molecule has 1 saturated heterocycles. The number of fused-ring (bicyclic) bond motifs is 1. The summed E-state index contributed by atoms with van der Waals surface area (Å²) in [6.45, 7) is 1.94. The number of hydrogen-bond donors (Lipinski definition) is 0. The molecule has 3 nitrogen and oxygen atoms in total. The van der Waals surface area contributed by atoms with Crippen molar-refractivity contribution in [3.05, 3.63) is 12.2 Å². The molecule has 0 bridgehead atoms. The largest absolute Gasteiger partial charge is 0.393 e.